The molecule has 4 heteroatoms. The lowest BCUT2D eigenvalue weighted by Crippen LogP contribution is -2.21. The van der Waals surface area contributed by atoms with Crippen LogP contribution in [0, 0.1) is 0 Å². The highest BCUT2D eigenvalue weighted by Gasteiger charge is 2.11. The molecule has 0 aliphatic rings. The Hall–Kier alpha value is -1.26. The minimum atomic E-state index is 0.297. The van der Waals surface area contributed by atoms with Gasteiger partial charge in [0.05, 0.1) is 5.51 Å². The van der Waals surface area contributed by atoms with Crippen molar-refractivity contribution < 1.29 is 0 Å². The standard InChI is InChI=1S/C12H15N3S/c1-9(11-4-3-5-13-6-11)15-10(2)12-7-14-8-16-12/h3-10,15H,1-2H3/t9-,10?/m0/s1. The van der Waals surface area contributed by atoms with Gasteiger partial charge in [0.2, 0.25) is 0 Å². The van der Waals surface area contributed by atoms with Crippen molar-refractivity contribution in [2.45, 2.75) is 25.9 Å². The molecule has 0 saturated heterocycles. The summed E-state index contributed by atoms with van der Waals surface area (Å²) in [7, 11) is 0. The molecule has 0 bridgehead atoms. The third kappa shape index (κ3) is 2.65. The van der Waals surface area contributed by atoms with Crippen LogP contribution >= 0.6 is 11.3 Å². The van der Waals surface area contributed by atoms with Crippen LogP contribution < -0.4 is 5.32 Å². The summed E-state index contributed by atoms with van der Waals surface area (Å²) in [6.07, 6.45) is 5.61. The van der Waals surface area contributed by atoms with Crippen LogP contribution in [0.1, 0.15) is 36.4 Å². The van der Waals surface area contributed by atoms with E-state index in [0.717, 1.165) is 0 Å². The first-order chi connectivity index (χ1) is 7.77. The monoisotopic (exact) mass is 233 g/mol. The summed E-state index contributed by atoms with van der Waals surface area (Å²) in [6.45, 7) is 4.30. The lowest BCUT2D eigenvalue weighted by Gasteiger charge is -2.18. The molecule has 2 heterocycles. The number of nitrogens with zero attached hydrogens (tertiary/aromatic N) is 2. The maximum absolute atomic E-state index is 4.13. The van der Waals surface area contributed by atoms with Crippen LogP contribution in [0.25, 0.3) is 0 Å². The predicted molar refractivity (Wildman–Crippen MR) is 66.3 cm³/mol. The molecule has 0 aromatic carbocycles. The minimum Gasteiger partial charge on any atom is -0.303 e. The second kappa shape index (κ2) is 5.18. The third-order valence-electron chi connectivity index (χ3n) is 2.56. The molecule has 0 radical (unpaired) electrons. The van der Waals surface area contributed by atoms with E-state index in [9.17, 15) is 0 Å². The van der Waals surface area contributed by atoms with Crippen LogP contribution in [0.4, 0.5) is 0 Å². The van der Waals surface area contributed by atoms with Gasteiger partial charge in [-0.3, -0.25) is 9.97 Å². The molecule has 0 amide bonds. The first-order valence-electron chi connectivity index (χ1n) is 5.31. The molecule has 2 aromatic heterocycles. The average Bonchev–Trinajstić information content (AvgIpc) is 2.83. The summed E-state index contributed by atoms with van der Waals surface area (Å²) in [6, 6.07) is 4.67. The number of rotatable bonds is 4. The zero-order valence-electron chi connectivity index (χ0n) is 9.42. The van der Waals surface area contributed by atoms with Gasteiger partial charge in [0.25, 0.3) is 0 Å². The Balaban J connectivity index is 2.00. The lowest BCUT2D eigenvalue weighted by molar-refractivity contribution is 0.498. The number of pyridine rings is 1. The fourth-order valence-corrected chi connectivity index (χ4v) is 2.26. The van der Waals surface area contributed by atoms with Crippen molar-refractivity contribution in [2.24, 2.45) is 0 Å². The molecule has 2 rings (SSSR count). The second-order valence-corrected chi connectivity index (χ2v) is 4.72. The van der Waals surface area contributed by atoms with Crippen molar-refractivity contribution in [3.8, 4) is 0 Å². The molecule has 0 saturated carbocycles. The molecule has 3 nitrogen and oxygen atoms in total. The molecular formula is C12H15N3S. The van der Waals surface area contributed by atoms with E-state index in [2.05, 4.69) is 35.2 Å². The van der Waals surface area contributed by atoms with Gasteiger partial charge in [0.15, 0.2) is 0 Å². The van der Waals surface area contributed by atoms with Crippen LogP contribution in [0.5, 0.6) is 0 Å². The third-order valence-corrected chi connectivity index (χ3v) is 3.52. The Morgan fingerprint density at radius 1 is 1.19 bits per heavy atom. The van der Waals surface area contributed by atoms with Gasteiger partial charge in [0, 0.05) is 35.6 Å². The van der Waals surface area contributed by atoms with E-state index < -0.39 is 0 Å². The fourth-order valence-electron chi connectivity index (χ4n) is 1.62. The zero-order valence-corrected chi connectivity index (χ0v) is 10.2. The first-order valence-corrected chi connectivity index (χ1v) is 6.19. The van der Waals surface area contributed by atoms with Crippen molar-refractivity contribution in [2.75, 3.05) is 0 Å². The summed E-state index contributed by atoms with van der Waals surface area (Å²) >= 11 is 1.68. The van der Waals surface area contributed by atoms with E-state index in [1.165, 1.54) is 10.4 Å². The topological polar surface area (TPSA) is 37.8 Å². The van der Waals surface area contributed by atoms with Crippen LogP contribution in [0.2, 0.25) is 0 Å². The van der Waals surface area contributed by atoms with Crippen molar-refractivity contribution in [1.82, 2.24) is 15.3 Å². The van der Waals surface area contributed by atoms with E-state index >= 15 is 0 Å². The van der Waals surface area contributed by atoms with Crippen molar-refractivity contribution in [3.63, 3.8) is 0 Å². The molecule has 2 aromatic rings. The maximum atomic E-state index is 4.13. The first kappa shape index (κ1) is 11.2. The summed E-state index contributed by atoms with van der Waals surface area (Å²) in [5.41, 5.74) is 3.07. The van der Waals surface area contributed by atoms with Gasteiger partial charge < -0.3 is 5.32 Å². The number of nitrogens with one attached hydrogen (secondary N) is 1. The van der Waals surface area contributed by atoms with Gasteiger partial charge in [-0.1, -0.05) is 6.07 Å². The molecule has 16 heavy (non-hydrogen) atoms. The summed E-state index contributed by atoms with van der Waals surface area (Å²) in [4.78, 5) is 9.48. The number of hydrogen-bond donors (Lipinski definition) is 1. The Kier molecular flexibility index (Phi) is 3.64. The van der Waals surface area contributed by atoms with Gasteiger partial charge >= 0.3 is 0 Å². The highest BCUT2D eigenvalue weighted by atomic mass is 32.1. The van der Waals surface area contributed by atoms with Crippen LogP contribution in [-0.4, -0.2) is 9.97 Å². The summed E-state index contributed by atoms with van der Waals surface area (Å²) in [5.74, 6) is 0. The molecule has 1 N–H and O–H groups in total. The van der Waals surface area contributed by atoms with Gasteiger partial charge in [-0.15, -0.1) is 11.3 Å². The van der Waals surface area contributed by atoms with Crippen LogP contribution in [-0.2, 0) is 0 Å². The smallest absolute Gasteiger partial charge is 0.0794 e. The minimum absolute atomic E-state index is 0.297. The predicted octanol–water partition coefficient (Wildman–Crippen LogP) is 2.95. The Bertz CT molecular complexity index is 413. The Labute approximate surface area is 99.6 Å². The molecule has 0 fully saturated rings. The Morgan fingerprint density at radius 3 is 2.69 bits per heavy atom. The van der Waals surface area contributed by atoms with E-state index in [4.69, 9.17) is 0 Å². The SMILES string of the molecule is CC(N[C@@H](C)c1cccnc1)c1cncs1. The molecule has 84 valence electrons. The summed E-state index contributed by atoms with van der Waals surface area (Å²) in [5, 5.41) is 3.53. The zero-order chi connectivity index (χ0) is 11.4. The van der Waals surface area contributed by atoms with Gasteiger partial charge in [0.1, 0.15) is 0 Å². The fraction of sp³-hybridized carbons (Fsp3) is 0.333. The molecular weight excluding hydrogens is 218 g/mol. The van der Waals surface area contributed by atoms with Gasteiger partial charge in [-0.05, 0) is 25.5 Å². The Morgan fingerprint density at radius 2 is 2.06 bits per heavy atom. The number of hydrogen-bond acceptors (Lipinski definition) is 4. The molecule has 1 unspecified atom stereocenters. The molecule has 0 aliphatic carbocycles. The lowest BCUT2D eigenvalue weighted by atomic mass is 10.1. The van der Waals surface area contributed by atoms with Gasteiger partial charge in [-0.2, -0.15) is 0 Å². The second-order valence-electron chi connectivity index (χ2n) is 3.80. The van der Waals surface area contributed by atoms with Crippen molar-refractivity contribution in [3.05, 3.63) is 46.7 Å². The molecule has 2 atom stereocenters. The highest BCUT2D eigenvalue weighted by Crippen LogP contribution is 2.20. The summed E-state index contributed by atoms with van der Waals surface area (Å²) < 4.78 is 0. The van der Waals surface area contributed by atoms with E-state index in [1.807, 2.05) is 24.0 Å². The van der Waals surface area contributed by atoms with Gasteiger partial charge in [-0.25, -0.2) is 0 Å². The quantitative estimate of drug-likeness (QED) is 0.882. The number of thiazole rings is 1. The van der Waals surface area contributed by atoms with Crippen LogP contribution in [0.15, 0.2) is 36.2 Å². The average molecular weight is 233 g/mol. The van der Waals surface area contributed by atoms with Crippen molar-refractivity contribution >= 4 is 11.3 Å². The highest BCUT2D eigenvalue weighted by molar-refractivity contribution is 7.09. The maximum Gasteiger partial charge on any atom is 0.0794 e. The van der Waals surface area contributed by atoms with Crippen molar-refractivity contribution in [1.29, 1.82) is 0 Å². The largest absolute Gasteiger partial charge is 0.303 e. The molecule has 0 spiro atoms. The van der Waals surface area contributed by atoms with E-state index in [-0.39, 0.29) is 0 Å². The number of aromatic nitrogens is 2. The van der Waals surface area contributed by atoms with Crippen LogP contribution in [0.3, 0.4) is 0 Å². The van der Waals surface area contributed by atoms with E-state index in [1.54, 1.807) is 17.5 Å². The normalized spacial score (nSPS) is 14.6. The van der Waals surface area contributed by atoms with E-state index in [0.29, 0.717) is 12.1 Å². The molecule has 0 aliphatic heterocycles.